The van der Waals surface area contributed by atoms with E-state index in [4.69, 9.17) is 0 Å². The van der Waals surface area contributed by atoms with Gasteiger partial charge in [0, 0.05) is 19.3 Å². The summed E-state index contributed by atoms with van der Waals surface area (Å²) in [6.07, 6.45) is 4.50. The quantitative estimate of drug-likeness (QED) is 0.785. The molecule has 0 aliphatic carbocycles. The number of hydrogen-bond acceptors (Lipinski definition) is 3. The number of carbonyl (C=O) groups is 1. The van der Waals surface area contributed by atoms with Gasteiger partial charge in [0.05, 0.1) is 17.3 Å². The number of nitrogens with zero attached hydrogens (tertiary/aromatic N) is 2. The Morgan fingerprint density at radius 2 is 2.00 bits per heavy atom. The maximum atomic E-state index is 11.8. The number of rotatable bonds is 6. The summed E-state index contributed by atoms with van der Waals surface area (Å²) in [5.74, 6) is -0.0659. The molecule has 0 saturated carbocycles. The van der Waals surface area contributed by atoms with Gasteiger partial charge in [-0.15, -0.1) is 12.4 Å². The van der Waals surface area contributed by atoms with Gasteiger partial charge in [0.2, 0.25) is 0 Å². The first-order chi connectivity index (χ1) is 8.45. The van der Waals surface area contributed by atoms with Gasteiger partial charge in [-0.1, -0.05) is 6.92 Å². The lowest BCUT2D eigenvalue weighted by Crippen LogP contribution is -2.32. The van der Waals surface area contributed by atoms with Crippen LogP contribution in [0.3, 0.4) is 0 Å². The van der Waals surface area contributed by atoms with Crippen molar-refractivity contribution in [3.8, 4) is 0 Å². The van der Waals surface area contributed by atoms with Crippen LogP contribution in [0, 0.1) is 0 Å². The second kappa shape index (κ2) is 8.17. The lowest BCUT2D eigenvalue weighted by molar-refractivity contribution is 0.0954. The Bertz CT molecular complexity index is 384. The Labute approximate surface area is 121 Å². The summed E-state index contributed by atoms with van der Waals surface area (Å²) in [4.78, 5) is 11.8. The SMILES string of the molecule is CCCNCCNC(=O)c1cnn(C(C)(C)C)c1.Cl. The molecule has 0 fully saturated rings. The average Bonchev–Trinajstić information content (AvgIpc) is 2.77. The number of carbonyl (C=O) groups excluding carboxylic acids is 1. The molecule has 0 radical (unpaired) electrons. The fourth-order valence-corrected chi connectivity index (χ4v) is 1.48. The molecule has 0 spiro atoms. The van der Waals surface area contributed by atoms with Crippen LogP contribution in [-0.2, 0) is 5.54 Å². The van der Waals surface area contributed by atoms with Crippen LogP contribution in [0.15, 0.2) is 12.4 Å². The Balaban J connectivity index is 0.00000324. The van der Waals surface area contributed by atoms with Crippen molar-refractivity contribution < 1.29 is 4.79 Å². The van der Waals surface area contributed by atoms with Crippen molar-refractivity contribution in [3.63, 3.8) is 0 Å². The molecule has 0 aromatic carbocycles. The van der Waals surface area contributed by atoms with Gasteiger partial charge in [-0.25, -0.2) is 0 Å². The summed E-state index contributed by atoms with van der Waals surface area (Å²) in [6.45, 7) is 10.7. The van der Waals surface area contributed by atoms with E-state index in [1.165, 1.54) is 0 Å². The highest BCUT2D eigenvalue weighted by Crippen LogP contribution is 2.12. The van der Waals surface area contributed by atoms with Crippen molar-refractivity contribution in [1.29, 1.82) is 0 Å². The standard InChI is InChI=1S/C13H24N4O.ClH/c1-5-6-14-7-8-15-12(18)11-9-16-17(10-11)13(2,3)4;/h9-10,14H,5-8H2,1-4H3,(H,15,18);1H. The highest BCUT2D eigenvalue weighted by molar-refractivity contribution is 5.93. The smallest absolute Gasteiger partial charge is 0.254 e. The molecule has 0 aliphatic heterocycles. The van der Waals surface area contributed by atoms with E-state index < -0.39 is 0 Å². The maximum Gasteiger partial charge on any atom is 0.254 e. The first-order valence-corrected chi connectivity index (χ1v) is 6.49. The monoisotopic (exact) mass is 288 g/mol. The lowest BCUT2D eigenvalue weighted by Gasteiger charge is -2.18. The van der Waals surface area contributed by atoms with E-state index in [1.807, 2.05) is 0 Å². The van der Waals surface area contributed by atoms with Crippen molar-refractivity contribution in [2.45, 2.75) is 39.7 Å². The lowest BCUT2D eigenvalue weighted by atomic mass is 10.1. The van der Waals surface area contributed by atoms with Gasteiger partial charge < -0.3 is 10.6 Å². The molecule has 0 bridgehead atoms. The fraction of sp³-hybridized carbons (Fsp3) is 0.692. The molecule has 1 amide bonds. The van der Waals surface area contributed by atoms with Gasteiger partial charge in [-0.05, 0) is 33.7 Å². The zero-order valence-corrected chi connectivity index (χ0v) is 13.0. The largest absolute Gasteiger partial charge is 0.351 e. The van der Waals surface area contributed by atoms with Crippen molar-refractivity contribution in [3.05, 3.63) is 18.0 Å². The third kappa shape index (κ3) is 6.07. The highest BCUT2D eigenvalue weighted by Gasteiger charge is 2.16. The first kappa shape index (κ1) is 17.9. The minimum absolute atomic E-state index is 0. The Kier molecular flexibility index (Phi) is 7.71. The van der Waals surface area contributed by atoms with E-state index in [1.54, 1.807) is 17.1 Å². The molecule has 6 heteroatoms. The van der Waals surface area contributed by atoms with Crippen molar-refractivity contribution >= 4 is 18.3 Å². The van der Waals surface area contributed by atoms with Crippen LogP contribution in [0.25, 0.3) is 0 Å². The van der Waals surface area contributed by atoms with E-state index in [9.17, 15) is 4.79 Å². The van der Waals surface area contributed by atoms with E-state index in [-0.39, 0.29) is 23.9 Å². The molecule has 19 heavy (non-hydrogen) atoms. The molecule has 0 atom stereocenters. The summed E-state index contributed by atoms with van der Waals surface area (Å²) in [5.41, 5.74) is 0.515. The molecule has 1 rings (SSSR count). The molecule has 0 saturated heterocycles. The maximum absolute atomic E-state index is 11.8. The van der Waals surface area contributed by atoms with E-state index in [0.29, 0.717) is 12.1 Å². The molecule has 1 heterocycles. The first-order valence-electron chi connectivity index (χ1n) is 6.49. The Morgan fingerprint density at radius 3 is 2.53 bits per heavy atom. The van der Waals surface area contributed by atoms with Gasteiger partial charge >= 0.3 is 0 Å². The fourth-order valence-electron chi connectivity index (χ4n) is 1.48. The summed E-state index contributed by atoms with van der Waals surface area (Å²) < 4.78 is 1.80. The van der Waals surface area contributed by atoms with Crippen LogP contribution in [0.4, 0.5) is 0 Å². The highest BCUT2D eigenvalue weighted by atomic mass is 35.5. The number of halogens is 1. The molecular formula is C13H25ClN4O. The minimum Gasteiger partial charge on any atom is -0.351 e. The summed E-state index contributed by atoms with van der Waals surface area (Å²) in [5, 5.41) is 10.3. The van der Waals surface area contributed by atoms with Crippen molar-refractivity contribution in [2.24, 2.45) is 0 Å². The van der Waals surface area contributed by atoms with Gasteiger partial charge in [0.1, 0.15) is 0 Å². The predicted octanol–water partition coefficient (Wildman–Crippen LogP) is 1.79. The normalized spacial score (nSPS) is 10.9. The molecule has 1 aromatic heterocycles. The van der Waals surface area contributed by atoms with Crippen LogP contribution in [0.1, 0.15) is 44.5 Å². The third-order valence-electron chi connectivity index (χ3n) is 2.55. The summed E-state index contributed by atoms with van der Waals surface area (Å²) in [7, 11) is 0. The Morgan fingerprint density at radius 1 is 1.32 bits per heavy atom. The van der Waals surface area contributed by atoms with Crippen molar-refractivity contribution in [1.82, 2.24) is 20.4 Å². The van der Waals surface area contributed by atoms with Crippen LogP contribution < -0.4 is 10.6 Å². The third-order valence-corrected chi connectivity index (χ3v) is 2.55. The van der Waals surface area contributed by atoms with Crippen LogP contribution >= 0.6 is 12.4 Å². The second-order valence-corrected chi connectivity index (χ2v) is 5.35. The number of amides is 1. The predicted molar refractivity (Wildman–Crippen MR) is 80.0 cm³/mol. The molecule has 5 nitrogen and oxygen atoms in total. The molecule has 0 aliphatic rings. The van der Waals surface area contributed by atoms with Gasteiger partial charge in [0.15, 0.2) is 0 Å². The number of nitrogens with one attached hydrogen (secondary N) is 2. The molecule has 110 valence electrons. The topological polar surface area (TPSA) is 58.9 Å². The average molecular weight is 289 g/mol. The van der Waals surface area contributed by atoms with E-state index in [2.05, 4.69) is 43.4 Å². The second-order valence-electron chi connectivity index (χ2n) is 5.35. The molecule has 0 unspecified atom stereocenters. The van der Waals surface area contributed by atoms with E-state index >= 15 is 0 Å². The number of hydrogen-bond donors (Lipinski definition) is 2. The number of aromatic nitrogens is 2. The summed E-state index contributed by atoms with van der Waals surface area (Å²) in [6, 6.07) is 0. The minimum atomic E-state index is -0.0960. The zero-order valence-electron chi connectivity index (χ0n) is 12.2. The molecule has 2 N–H and O–H groups in total. The van der Waals surface area contributed by atoms with Gasteiger partial charge in [-0.3, -0.25) is 9.48 Å². The molecular weight excluding hydrogens is 264 g/mol. The van der Waals surface area contributed by atoms with Crippen molar-refractivity contribution in [2.75, 3.05) is 19.6 Å². The molecule has 1 aromatic rings. The Hall–Kier alpha value is -1.07. The van der Waals surface area contributed by atoms with E-state index in [0.717, 1.165) is 19.5 Å². The van der Waals surface area contributed by atoms with Gasteiger partial charge in [-0.2, -0.15) is 5.10 Å². The van der Waals surface area contributed by atoms with Gasteiger partial charge in [0.25, 0.3) is 5.91 Å². The van der Waals surface area contributed by atoms with Crippen LogP contribution in [0.2, 0.25) is 0 Å². The zero-order chi connectivity index (χ0) is 13.6. The van der Waals surface area contributed by atoms with Crippen LogP contribution in [0.5, 0.6) is 0 Å². The van der Waals surface area contributed by atoms with Crippen LogP contribution in [-0.4, -0.2) is 35.3 Å². The summed E-state index contributed by atoms with van der Waals surface area (Å²) >= 11 is 0.